The van der Waals surface area contributed by atoms with E-state index in [1.54, 1.807) is 24.3 Å². The van der Waals surface area contributed by atoms with Crippen molar-refractivity contribution in [3.63, 3.8) is 0 Å². The number of thiazole rings is 1. The lowest BCUT2D eigenvalue weighted by Gasteiger charge is -2.27. The van der Waals surface area contributed by atoms with E-state index in [0.717, 1.165) is 24.0 Å². The van der Waals surface area contributed by atoms with E-state index in [9.17, 15) is 19.6 Å². The van der Waals surface area contributed by atoms with Gasteiger partial charge in [-0.05, 0) is 36.1 Å². The first-order valence-electron chi connectivity index (χ1n) is 13.4. The van der Waals surface area contributed by atoms with E-state index in [4.69, 9.17) is 4.74 Å². The molecule has 1 saturated carbocycles. The van der Waals surface area contributed by atoms with Gasteiger partial charge in [0.1, 0.15) is 18.0 Å². The monoisotopic (exact) mass is 601 g/mol. The lowest BCUT2D eigenvalue weighted by atomic mass is 10.1. The van der Waals surface area contributed by atoms with E-state index in [-0.39, 0.29) is 24.5 Å². The number of carbonyl (C=O) groups is 3. The van der Waals surface area contributed by atoms with Crippen LogP contribution in [0.4, 0.5) is 9.93 Å². The zero-order valence-electron chi connectivity index (χ0n) is 22.3. The van der Waals surface area contributed by atoms with Gasteiger partial charge < -0.3 is 20.6 Å². The normalized spacial score (nSPS) is 18.0. The summed E-state index contributed by atoms with van der Waals surface area (Å²) >= 11 is 2.70. The third kappa shape index (κ3) is 6.39. The average Bonchev–Trinajstić information content (AvgIpc) is 3.51. The first kappa shape index (κ1) is 27.7. The van der Waals surface area contributed by atoms with Crippen molar-refractivity contribution in [1.82, 2.24) is 15.2 Å². The van der Waals surface area contributed by atoms with Gasteiger partial charge >= 0.3 is 6.09 Å². The molecule has 1 aliphatic carbocycles. The summed E-state index contributed by atoms with van der Waals surface area (Å²) in [4.78, 5) is 45.1. The number of nitrogens with zero attached hydrogens (tertiary/aromatic N) is 3. The van der Waals surface area contributed by atoms with Crippen molar-refractivity contribution in [2.45, 2.75) is 36.9 Å². The van der Waals surface area contributed by atoms with E-state index in [1.807, 2.05) is 47.8 Å². The number of thioether (sulfide) groups is 1. The molecule has 2 unspecified atom stereocenters. The second-order valence-corrected chi connectivity index (χ2v) is 12.0. The minimum Gasteiger partial charge on any atom is -0.619 e. The van der Waals surface area contributed by atoms with Crippen LogP contribution in [0.5, 0.6) is 0 Å². The molecule has 2 atom stereocenters. The van der Waals surface area contributed by atoms with Gasteiger partial charge in [-0.2, -0.15) is 4.73 Å². The number of ether oxygens (including phenoxy) is 1. The molecule has 2 aromatic heterocycles. The molecule has 3 heterocycles. The number of aromatic nitrogens is 2. The molecule has 10 nitrogen and oxygen atoms in total. The van der Waals surface area contributed by atoms with Crippen LogP contribution in [0.15, 0.2) is 84.5 Å². The van der Waals surface area contributed by atoms with E-state index in [0.29, 0.717) is 32.4 Å². The molecular weight excluding hydrogens is 574 g/mol. The standard InChI is InChI=1S/C30H27N5O5S2/c36-26(31-23-10-11-23)21-8-6-20(7-9-21)24-17-42-29(32-24)33-27(37)25-18-41-28(22-12-14-34(39)15-13-22)35(25)30(38)40-16-19-4-2-1-3-5-19/h1-9,12-15,17,23,25,28H,10-11,16,18H2,(H,31,36)(H,32,33,37). The molecular formula is C30H27N5O5S2. The second-order valence-electron chi connectivity index (χ2n) is 9.99. The molecule has 2 N–H and O–H groups in total. The van der Waals surface area contributed by atoms with Crippen LogP contribution in [0, 0.1) is 5.21 Å². The number of benzene rings is 2. The van der Waals surface area contributed by atoms with Gasteiger partial charge in [0.2, 0.25) is 5.91 Å². The number of rotatable bonds is 8. The molecule has 3 amide bonds. The van der Waals surface area contributed by atoms with Gasteiger partial charge in [0.25, 0.3) is 5.91 Å². The molecule has 0 spiro atoms. The maximum Gasteiger partial charge on any atom is 0.412 e. The highest BCUT2D eigenvalue weighted by atomic mass is 32.2. The third-order valence-corrected chi connectivity index (χ3v) is 9.00. The Morgan fingerprint density at radius 3 is 2.48 bits per heavy atom. The van der Waals surface area contributed by atoms with Crippen LogP contribution >= 0.6 is 23.1 Å². The van der Waals surface area contributed by atoms with Gasteiger partial charge in [-0.3, -0.25) is 14.5 Å². The predicted octanol–water partition coefficient (Wildman–Crippen LogP) is 4.73. The van der Waals surface area contributed by atoms with Crippen molar-refractivity contribution in [3.8, 4) is 11.3 Å². The summed E-state index contributed by atoms with van der Waals surface area (Å²) in [5.74, 6) is -0.131. The molecule has 2 fully saturated rings. The van der Waals surface area contributed by atoms with Crippen molar-refractivity contribution in [3.05, 3.63) is 106 Å². The highest BCUT2D eigenvalue weighted by Gasteiger charge is 2.43. The van der Waals surface area contributed by atoms with Crippen LogP contribution in [0.3, 0.4) is 0 Å². The molecule has 2 aliphatic rings. The third-order valence-electron chi connectivity index (χ3n) is 6.92. The zero-order valence-corrected chi connectivity index (χ0v) is 24.0. The lowest BCUT2D eigenvalue weighted by molar-refractivity contribution is -0.605. The molecule has 0 bridgehead atoms. The van der Waals surface area contributed by atoms with Crippen LogP contribution in [-0.2, 0) is 16.1 Å². The second kappa shape index (κ2) is 12.2. The molecule has 4 aromatic rings. The van der Waals surface area contributed by atoms with Gasteiger partial charge in [-0.1, -0.05) is 42.5 Å². The van der Waals surface area contributed by atoms with Crippen molar-refractivity contribution in [1.29, 1.82) is 0 Å². The Balaban J connectivity index is 1.15. The fourth-order valence-corrected chi connectivity index (χ4v) is 6.65. The van der Waals surface area contributed by atoms with E-state index in [1.165, 1.54) is 40.4 Å². The fourth-order valence-electron chi connectivity index (χ4n) is 4.51. The summed E-state index contributed by atoms with van der Waals surface area (Å²) in [5.41, 5.74) is 3.61. The summed E-state index contributed by atoms with van der Waals surface area (Å²) < 4.78 is 6.28. The van der Waals surface area contributed by atoms with E-state index in [2.05, 4.69) is 15.6 Å². The summed E-state index contributed by atoms with van der Waals surface area (Å²) in [6.07, 6.45) is 4.15. The molecule has 6 rings (SSSR count). The minimum atomic E-state index is -0.820. The predicted molar refractivity (Wildman–Crippen MR) is 160 cm³/mol. The zero-order chi connectivity index (χ0) is 29.1. The van der Waals surface area contributed by atoms with Gasteiger partial charge in [-0.25, -0.2) is 9.78 Å². The quantitative estimate of drug-likeness (QED) is 0.221. The van der Waals surface area contributed by atoms with Gasteiger partial charge in [0.05, 0.1) is 5.69 Å². The topological polar surface area (TPSA) is 128 Å². The van der Waals surface area contributed by atoms with Crippen molar-refractivity contribution >= 4 is 46.1 Å². The number of carbonyl (C=O) groups excluding carboxylic acids is 3. The smallest absolute Gasteiger partial charge is 0.412 e. The summed E-state index contributed by atoms with van der Waals surface area (Å²) in [5, 5.41) is 19.1. The van der Waals surface area contributed by atoms with Crippen LogP contribution in [0.25, 0.3) is 11.3 Å². The largest absolute Gasteiger partial charge is 0.619 e. The maximum atomic E-state index is 13.5. The molecule has 42 heavy (non-hydrogen) atoms. The molecule has 1 saturated heterocycles. The Labute approximate surface area is 250 Å². The summed E-state index contributed by atoms with van der Waals surface area (Å²) in [6, 6.07) is 19.2. The Kier molecular flexibility index (Phi) is 8.06. The Hall–Kier alpha value is -4.42. The number of pyridine rings is 1. The number of hydrogen-bond acceptors (Lipinski definition) is 8. The maximum absolute atomic E-state index is 13.5. The van der Waals surface area contributed by atoms with Gasteiger partial charge in [0.15, 0.2) is 17.5 Å². The highest BCUT2D eigenvalue weighted by molar-refractivity contribution is 7.99. The SMILES string of the molecule is O=C(NC1CC1)c1ccc(-c2csc(NC(=O)C3CSC(c4cc[n+]([O-])cc4)N3C(=O)OCc3ccccc3)n2)cc1. The fraction of sp³-hybridized carbons (Fsp3) is 0.233. The molecule has 12 heteroatoms. The van der Waals surface area contributed by atoms with Crippen molar-refractivity contribution in [2.24, 2.45) is 0 Å². The Bertz CT molecular complexity index is 1580. The van der Waals surface area contributed by atoms with Crippen molar-refractivity contribution in [2.75, 3.05) is 11.1 Å². The van der Waals surface area contributed by atoms with Gasteiger partial charge in [0, 0.05) is 40.4 Å². The van der Waals surface area contributed by atoms with Crippen LogP contribution in [0.2, 0.25) is 0 Å². The number of nitrogens with one attached hydrogen (secondary N) is 2. The van der Waals surface area contributed by atoms with Crippen LogP contribution < -0.4 is 15.4 Å². The Morgan fingerprint density at radius 1 is 1.02 bits per heavy atom. The number of amides is 3. The van der Waals surface area contributed by atoms with E-state index >= 15 is 0 Å². The molecule has 214 valence electrons. The van der Waals surface area contributed by atoms with Crippen molar-refractivity contribution < 1.29 is 23.9 Å². The molecule has 1 aliphatic heterocycles. The number of hydrogen-bond donors (Lipinski definition) is 2. The Morgan fingerprint density at radius 2 is 1.76 bits per heavy atom. The lowest BCUT2D eigenvalue weighted by Crippen LogP contribution is -2.45. The summed E-state index contributed by atoms with van der Waals surface area (Å²) in [6.45, 7) is 0.0636. The number of anilines is 1. The highest BCUT2D eigenvalue weighted by Crippen LogP contribution is 2.42. The van der Waals surface area contributed by atoms with E-state index < -0.39 is 17.5 Å². The summed E-state index contributed by atoms with van der Waals surface area (Å²) in [7, 11) is 0. The van der Waals surface area contributed by atoms with Gasteiger partial charge in [-0.15, -0.1) is 23.1 Å². The molecule has 2 aromatic carbocycles. The average molecular weight is 602 g/mol. The minimum absolute atomic E-state index is 0.0636. The van der Waals surface area contributed by atoms with Crippen LogP contribution in [-0.4, -0.2) is 45.6 Å². The first-order valence-corrected chi connectivity index (χ1v) is 15.3. The van der Waals surface area contributed by atoms with Crippen LogP contribution in [0.1, 0.15) is 39.7 Å². The molecule has 0 radical (unpaired) electrons. The first-order chi connectivity index (χ1) is 20.4.